The first kappa shape index (κ1) is 13.5. The summed E-state index contributed by atoms with van der Waals surface area (Å²) in [6.45, 7) is 2.00. The van der Waals surface area contributed by atoms with Crippen molar-refractivity contribution < 1.29 is 9.90 Å². The van der Waals surface area contributed by atoms with E-state index in [9.17, 15) is 9.90 Å². The highest BCUT2D eigenvalue weighted by molar-refractivity contribution is 5.75. The fourth-order valence-corrected chi connectivity index (χ4v) is 3.43. The number of hydrogen-bond acceptors (Lipinski definition) is 4. The van der Waals surface area contributed by atoms with Crippen LogP contribution in [0.25, 0.3) is 0 Å². The quantitative estimate of drug-likeness (QED) is 0.901. The summed E-state index contributed by atoms with van der Waals surface area (Å²) in [6, 6.07) is 0.516. The van der Waals surface area contributed by atoms with E-state index in [1.54, 1.807) is 0 Å². The number of nitrogens with zero attached hydrogens (tertiary/aromatic N) is 4. The monoisotopic (exact) mass is 278 g/mol. The second kappa shape index (κ2) is 5.52. The molecule has 1 fully saturated rings. The van der Waals surface area contributed by atoms with Gasteiger partial charge in [-0.15, -0.1) is 10.2 Å². The highest BCUT2D eigenvalue weighted by Crippen LogP contribution is 2.28. The molecule has 20 heavy (non-hydrogen) atoms. The maximum Gasteiger partial charge on any atom is 0.314 e. The zero-order valence-corrected chi connectivity index (χ0v) is 12.0. The molecule has 6 nitrogen and oxygen atoms in total. The number of carboxylic acids is 1. The lowest BCUT2D eigenvalue weighted by atomic mass is 9.97. The average Bonchev–Trinajstić information content (AvgIpc) is 2.84. The van der Waals surface area contributed by atoms with Crippen molar-refractivity contribution in [1.82, 2.24) is 19.7 Å². The second-order valence-corrected chi connectivity index (χ2v) is 5.99. The molecule has 110 valence electrons. The first-order chi connectivity index (χ1) is 9.66. The van der Waals surface area contributed by atoms with Crippen LogP contribution in [0.3, 0.4) is 0 Å². The summed E-state index contributed by atoms with van der Waals surface area (Å²) in [6.07, 6.45) is 6.20. The maximum absolute atomic E-state index is 11.3. The molecular weight excluding hydrogens is 256 g/mol. The minimum atomic E-state index is -0.778. The molecule has 2 atom stereocenters. The van der Waals surface area contributed by atoms with E-state index in [4.69, 9.17) is 0 Å². The first-order valence-corrected chi connectivity index (χ1v) is 7.52. The highest BCUT2D eigenvalue weighted by atomic mass is 16.4. The van der Waals surface area contributed by atoms with Gasteiger partial charge in [-0.25, -0.2) is 0 Å². The normalized spacial score (nSPS) is 27.2. The van der Waals surface area contributed by atoms with E-state index in [-0.39, 0.29) is 0 Å². The van der Waals surface area contributed by atoms with Crippen LogP contribution < -0.4 is 0 Å². The highest BCUT2D eigenvalue weighted by Gasteiger charge is 2.31. The van der Waals surface area contributed by atoms with Crippen LogP contribution in [-0.4, -0.2) is 50.4 Å². The van der Waals surface area contributed by atoms with Gasteiger partial charge < -0.3 is 14.6 Å². The summed E-state index contributed by atoms with van der Waals surface area (Å²) < 4.78 is 2.05. The van der Waals surface area contributed by atoms with Crippen LogP contribution in [0, 0.1) is 0 Å². The molecule has 1 N–H and O–H groups in total. The third-order valence-corrected chi connectivity index (χ3v) is 4.68. The van der Waals surface area contributed by atoms with Crippen molar-refractivity contribution >= 4 is 5.97 Å². The lowest BCUT2D eigenvalue weighted by molar-refractivity contribution is -0.139. The summed E-state index contributed by atoms with van der Waals surface area (Å²) in [7, 11) is 2.16. The summed E-state index contributed by atoms with van der Waals surface area (Å²) >= 11 is 0. The Bertz CT molecular complexity index is 499. The Morgan fingerprint density at radius 3 is 2.85 bits per heavy atom. The molecule has 3 rings (SSSR count). The van der Waals surface area contributed by atoms with Crippen molar-refractivity contribution in [3.8, 4) is 0 Å². The molecule has 6 heteroatoms. The van der Waals surface area contributed by atoms with Gasteiger partial charge in [0.25, 0.3) is 0 Å². The number of aliphatic carboxylic acids is 1. The van der Waals surface area contributed by atoms with E-state index < -0.39 is 11.9 Å². The Labute approximate surface area is 118 Å². The van der Waals surface area contributed by atoms with E-state index in [1.807, 2.05) is 4.57 Å². The third-order valence-electron chi connectivity index (χ3n) is 4.68. The van der Waals surface area contributed by atoms with Crippen molar-refractivity contribution in [2.24, 2.45) is 0 Å². The third kappa shape index (κ3) is 2.44. The second-order valence-electron chi connectivity index (χ2n) is 5.99. The number of piperidine rings is 1. The lowest BCUT2D eigenvalue weighted by Crippen LogP contribution is -2.38. The van der Waals surface area contributed by atoms with Gasteiger partial charge in [0.2, 0.25) is 0 Å². The molecular formula is C14H22N4O2. The predicted molar refractivity (Wildman–Crippen MR) is 73.6 cm³/mol. The molecule has 1 aromatic rings. The van der Waals surface area contributed by atoms with Gasteiger partial charge in [0.1, 0.15) is 17.6 Å². The van der Waals surface area contributed by atoms with Gasteiger partial charge in [-0.2, -0.15) is 0 Å². The molecule has 0 radical (unpaired) electrons. The Morgan fingerprint density at radius 2 is 2.10 bits per heavy atom. The standard InChI is InChI=1S/C14H22N4O2/c1-17-7-3-2-5-10(17)9-12-15-16-13-11(14(19)20)6-4-8-18(12)13/h10-11H,2-9H2,1H3,(H,19,20). The van der Waals surface area contributed by atoms with Crippen LogP contribution in [0.2, 0.25) is 0 Å². The minimum Gasteiger partial charge on any atom is -0.481 e. The number of rotatable bonds is 3. The van der Waals surface area contributed by atoms with E-state index in [0.29, 0.717) is 18.3 Å². The van der Waals surface area contributed by atoms with Gasteiger partial charge in [-0.3, -0.25) is 4.79 Å². The molecule has 2 unspecified atom stereocenters. The van der Waals surface area contributed by atoms with E-state index in [1.165, 1.54) is 19.3 Å². The predicted octanol–water partition coefficient (Wildman–Crippen LogP) is 1.27. The topological polar surface area (TPSA) is 71.2 Å². The number of fused-ring (bicyclic) bond motifs is 1. The van der Waals surface area contributed by atoms with Crippen LogP contribution >= 0.6 is 0 Å². The Morgan fingerprint density at radius 1 is 1.25 bits per heavy atom. The smallest absolute Gasteiger partial charge is 0.314 e. The number of likely N-dealkylation sites (tertiary alicyclic amines) is 1. The van der Waals surface area contributed by atoms with Gasteiger partial charge in [0.15, 0.2) is 0 Å². The molecule has 0 aromatic carbocycles. The van der Waals surface area contributed by atoms with E-state index in [0.717, 1.165) is 31.8 Å². The molecule has 2 aliphatic heterocycles. The Hall–Kier alpha value is -1.43. The largest absolute Gasteiger partial charge is 0.481 e. The fraction of sp³-hybridized carbons (Fsp3) is 0.786. The molecule has 0 amide bonds. The Kier molecular flexibility index (Phi) is 3.74. The van der Waals surface area contributed by atoms with Crippen LogP contribution in [-0.2, 0) is 17.8 Å². The molecule has 1 aromatic heterocycles. The molecule has 0 saturated carbocycles. The molecule has 1 saturated heterocycles. The molecule has 0 aliphatic carbocycles. The minimum absolute atomic E-state index is 0.478. The Balaban J connectivity index is 1.80. The zero-order chi connectivity index (χ0) is 14.1. The summed E-state index contributed by atoms with van der Waals surface area (Å²) in [4.78, 5) is 13.7. The summed E-state index contributed by atoms with van der Waals surface area (Å²) in [5.74, 6) is 0.357. The molecule has 0 spiro atoms. The number of carbonyl (C=O) groups is 1. The lowest BCUT2D eigenvalue weighted by Gasteiger charge is -2.32. The number of aromatic nitrogens is 3. The van der Waals surface area contributed by atoms with Gasteiger partial charge in [0.05, 0.1) is 0 Å². The van der Waals surface area contributed by atoms with Gasteiger partial charge in [-0.05, 0) is 39.3 Å². The van der Waals surface area contributed by atoms with Gasteiger partial charge >= 0.3 is 5.97 Å². The van der Waals surface area contributed by atoms with Crippen molar-refractivity contribution in [2.45, 2.75) is 57.0 Å². The average molecular weight is 278 g/mol. The maximum atomic E-state index is 11.3. The molecule has 3 heterocycles. The number of likely N-dealkylation sites (N-methyl/N-ethyl adjacent to an activating group) is 1. The first-order valence-electron chi connectivity index (χ1n) is 7.52. The summed E-state index contributed by atoms with van der Waals surface area (Å²) in [5, 5.41) is 17.7. The van der Waals surface area contributed by atoms with Gasteiger partial charge in [-0.1, -0.05) is 6.42 Å². The van der Waals surface area contributed by atoms with Crippen molar-refractivity contribution in [1.29, 1.82) is 0 Å². The number of hydrogen-bond donors (Lipinski definition) is 1. The van der Waals surface area contributed by atoms with E-state index in [2.05, 4.69) is 22.1 Å². The molecule has 2 aliphatic rings. The number of carboxylic acid groups (broad SMARTS) is 1. The van der Waals surface area contributed by atoms with Crippen LogP contribution in [0.1, 0.15) is 49.7 Å². The van der Waals surface area contributed by atoms with E-state index >= 15 is 0 Å². The summed E-state index contributed by atoms with van der Waals surface area (Å²) in [5.41, 5.74) is 0. The van der Waals surface area contributed by atoms with Crippen molar-refractivity contribution in [3.63, 3.8) is 0 Å². The van der Waals surface area contributed by atoms with Crippen LogP contribution in [0.15, 0.2) is 0 Å². The van der Waals surface area contributed by atoms with Crippen LogP contribution in [0.4, 0.5) is 0 Å². The zero-order valence-electron chi connectivity index (χ0n) is 12.0. The van der Waals surface area contributed by atoms with Crippen LogP contribution in [0.5, 0.6) is 0 Å². The molecule has 0 bridgehead atoms. The SMILES string of the molecule is CN1CCCCC1Cc1nnc2n1CCCC2C(=O)O. The van der Waals surface area contributed by atoms with Crippen molar-refractivity contribution in [3.05, 3.63) is 11.6 Å². The fourth-order valence-electron chi connectivity index (χ4n) is 3.43. The van der Waals surface area contributed by atoms with Gasteiger partial charge in [0, 0.05) is 19.0 Å². The van der Waals surface area contributed by atoms with Crippen molar-refractivity contribution in [2.75, 3.05) is 13.6 Å².